The van der Waals surface area contributed by atoms with E-state index >= 15 is 0 Å². The van der Waals surface area contributed by atoms with Gasteiger partial charge in [0.1, 0.15) is 30.1 Å². The van der Waals surface area contributed by atoms with Gasteiger partial charge in [-0.2, -0.15) is 0 Å². The predicted molar refractivity (Wildman–Crippen MR) is 110 cm³/mol. The van der Waals surface area contributed by atoms with E-state index in [2.05, 4.69) is 20.3 Å². The number of esters is 1. The molecule has 30 heavy (non-hydrogen) atoms. The summed E-state index contributed by atoms with van der Waals surface area (Å²) < 4.78 is 12.3. The number of alkyl carbamates (subject to hydrolysis) is 1. The van der Waals surface area contributed by atoms with Gasteiger partial charge in [0, 0.05) is 0 Å². The van der Waals surface area contributed by atoms with Crippen LogP contribution in [0.15, 0.2) is 43.0 Å². The number of imidazole rings is 1. The monoisotopic (exact) mass is 431 g/mol. The first-order valence-corrected chi connectivity index (χ1v) is 9.62. The Morgan fingerprint density at radius 3 is 2.60 bits per heavy atom. The Morgan fingerprint density at radius 1 is 1.17 bits per heavy atom. The second kappa shape index (κ2) is 9.08. The maximum atomic E-state index is 12.7. The van der Waals surface area contributed by atoms with Gasteiger partial charge >= 0.3 is 12.1 Å². The summed E-state index contributed by atoms with van der Waals surface area (Å²) in [6, 6.07) is 8.19. The van der Waals surface area contributed by atoms with E-state index in [9.17, 15) is 9.59 Å². The zero-order chi connectivity index (χ0) is 21.7. The van der Waals surface area contributed by atoms with Gasteiger partial charge in [-0.25, -0.2) is 24.5 Å². The molecule has 2 aromatic heterocycles. The van der Waals surface area contributed by atoms with Crippen molar-refractivity contribution in [2.75, 3.05) is 0 Å². The molecule has 3 rings (SSSR count). The summed E-state index contributed by atoms with van der Waals surface area (Å²) in [5.41, 5.74) is 0.929. The number of carbonyl (C=O) groups is 2. The van der Waals surface area contributed by atoms with Crippen molar-refractivity contribution in [2.24, 2.45) is 0 Å². The van der Waals surface area contributed by atoms with E-state index in [1.165, 1.54) is 12.7 Å². The highest BCUT2D eigenvalue weighted by Crippen LogP contribution is 2.18. The zero-order valence-electron chi connectivity index (χ0n) is 16.8. The molecule has 1 atom stereocenters. The number of rotatable bonds is 6. The van der Waals surface area contributed by atoms with Crippen LogP contribution in [0.5, 0.6) is 0 Å². The fourth-order valence-electron chi connectivity index (χ4n) is 2.64. The Kier molecular flexibility index (Phi) is 6.51. The van der Waals surface area contributed by atoms with Crippen LogP contribution < -0.4 is 5.32 Å². The molecule has 0 aliphatic carbocycles. The van der Waals surface area contributed by atoms with Gasteiger partial charge in [-0.1, -0.05) is 41.9 Å². The van der Waals surface area contributed by atoms with Crippen molar-refractivity contribution >= 4 is 34.8 Å². The lowest BCUT2D eigenvalue weighted by Crippen LogP contribution is -2.46. The molecule has 0 spiro atoms. The van der Waals surface area contributed by atoms with Gasteiger partial charge in [-0.05, 0) is 26.3 Å². The van der Waals surface area contributed by atoms with Crippen molar-refractivity contribution in [1.29, 1.82) is 0 Å². The number of benzene rings is 1. The molecule has 1 amide bonds. The standard InChI is InChI=1S/C20H22ClN5O4/c1-20(2,3)30-18(27)14(25-19(28)29-10-13-7-5-4-6-8-13)9-26-12-24-15-16(21)22-11-23-17(15)26/h4-8,11-12,14H,9-10H2,1-3H3,(H,25,28). The third-order valence-electron chi connectivity index (χ3n) is 3.93. The second-order valence-corrected chi connectivity index (χ2v) is 7.88. The highest BCUT2D eigenvalue weighted by Gasteiger charge is 2.28. The molecule has 0 aliphatic heterocycles. The van der Waals surface area contributed by atoms with Gasteiger partial charge in [-0.15, -0.1) is 0 Å². The molecule has 2 heterocycles. The number of nitrogens with one attached hydrogen (secondary N) is 1. The SMILES string of the molecule is CC(C)(C)OC(=O)C(Cn1cnc2c(Cl)ncnc21)NC(=O)OCc1ccccc1. The summed E-state index contributed by atoms with van der Waals surface area (Å²) in [6.45, 7) is 5.34. The number of amides is 1. The Hall–Kier alpha value is -3.20. The number of halogens is 1. The minimum Gasteiger partial charge on any atom is -0.458 e. The van der Waals surface area contributed by atoms with Crippen LogP contribution in [0.3, 0.4) is 0 Å². The molecule has 0 saturated heterocycles. The number of aromatic nitrogens is 4. The summed E-state index contributed by atoms with van der Waals surface area (Å²) >= 11 is 6.03. The van der Waals surface area contributed by atoms with Crippen molar-refractivity contribution in [3.05, 3.63) is 53.7 Å². The molecule has 1 N–H and O–H groups in total. The Bertz CT molecular complexity index is 1030. The van der Waals surface area contributed by atoms with Gasteiger partial charge in [0.05, 0.1) is 12.9 Å². The molecule has 158 valence electrons. The zero-order valence-corrected chi connectivity index (χ0v) is 17.6. The van der Waals surface area contributed by atoms with E-state index in [-0.39, 0.29) is 18.3 Å². The average Bonchev–Trinajstić information content (AvgIpc) is 3.10. The van der Waals surface area contributed by atoms with Crippen LogP contribution in [0.4, 0.5) is 4.79 Å². The van der Waals surface area contributed by atoms with E-state index in [4.69, 9.17) is 21.1 Å². The third kappa shape index (κ3) is 5.66. The van der Waals surface area contributed by atoms with Crippen molar-refractivity contribution in [3.63, 3.8) is 0 Å². The van der Waals surface area contributed by atoms with Gasteiger partial charge in [0.2, 0.25) is 0 Å². The van der Waals surface area contributed by atoms with Crippen molar-refractivity contribution in [1.82, 2.24) is 24.8 Å². The van der Waals surface area contributed by atoms with Crippen molar-refractivity contribution in [3.8, 4) is 0 Å². The predicted octanol–water partition coefficient (Wildman–Crippen LogP) is 3.12. The molecule has 0 fully saturated rings. The smallest absolute Gasteiger partial charge is 0.408 e. The number of hydrogen-bond donors (Lipinski definition) is 1. The largest absolute Gasteiger partial charge is 0.458 e. The first-order valence-electron chi connectivity index (χ1n) is 9.24. The number of hydrogen-bond acceptors (Lipinski definition) is 7. The lowest BCUT2D eigenvalue weighted by molar-refractivity contribution is -0.157. The molecular weight excluding hydrogens is 410 g/mol. The van der Waals surface area contributed by atoms with E-state index < -0.39 is 23.7 Å². The Balaban J connectivity index is 1.75. The van der Waals surface area contributed by atoms with Gasteiger partial charge in [0.15, 0.2) is 10.8 Å². The first-order chi connectivity index (χ1) is 14.2. The van der Waals surface area contributed by atoms with Crippen LogP contribution in [0.25, 0.3) is 11.2 Å². The van der Waals surface area contributed by atoms with Gasteiger partial charge in [-0.3, -0.25) is 0 Å². The molecule has 0 saturated carbocycles. The summed E-state index contributed by atoms with van der Waals surface area (Å²) in [6.07, 6.45) is 2.03. The summed E-state index contributed by atoms with van der Waals surface area (Å²) in [5.74, 6) is -0.610. The number of nitrogens with zero attached hydrogens (tertiary/aromatic N) is 4. The third-order valence-corrected chi connectivity index (χ3v) is 4.21. The van der Waals surface area contributed by atoms with Gasteiger partial charge in [0.25, 0.3) is 0 Å². The normalized spacial score (nSPS) is 12.4. The molecule has 10 heteroatoms. The molecule has 0 radical (unpaired) electrons. The van der Waals surface area contributed by atoms with Crippen LogP contribution >= 0.6 is 11.6 Å². The second-order valence-electron chi connectivity index (χ2n) is 7.53. The van der Waals surface area contributed by atoms with E-state index in [0.717, 1.165) is 5.56 Å². The number of ether oxygens (including phenoxy) is 2. The summed E-state index contributed by atoms with van der Waals surface area (Å²) in [7, 11) is 0. The first kappa shape index (κ1) is 21.5. The van der Waals surface area contributed by atoms with Crippen molar-refractivity contribution in [2.45, 2.75) is 45.6 Å². The summed E-state index contributed by atoms with van der Waals surface area (Å²) in [4.78, 5) is 37.2. The fraction of sp³-hybridized carbons (Fsp3) is 0.350. The highest BCUT2D eigenvalue weighted by molar-refractivity contribution is 6.33. The quantitative estimate of drug-likeness (QED) is 0.471. The molecule has 0 aliphatic rings. The molecule has 1 unspecified atom stereocenters. The number of carbonyl (C=O) groups excluding carboxylic acids is 2. The van der Waals surface area contributed by atoms with Crippen molar-refractivity contribution < 1.29 is 19.1 Å². The molecule has 9 nitrogen and oxygen atoms in total. The Labute approximate surface area is 178 Å². The van der Waals surface area contributed by atoms with E-state index in [1.807, 2.05) is 30.3 Å². The van der Waals surface area contributed by atoms with Crippen LogP contribution in [0, 0.1) is 0 Å². The Morgan fingerprint density at radius 2 is 1.90 bits per heavy atom. The summed E-state index contributed by atoms with van der Waals surface area (Å²) in [5, 5.41) is 2.76. The average molecular weight is 432 g/mol. The van der Waals surface area contributed by atoms with Crippen LogP contribution in [0.2, 0.25) is 5.15 Å². The molecule has 3 aromatic rings. The topological polar surface area (TPSA) is 108 Å². The van der Waals surface area contributed by atoms with Crippen LogP contribution in [0.1, 0.15) is 26.3 Å². The molecular formula is C20H22ClN5O4. The lowest BCUT2D eigenvalue weighted by atomic mass is 10.2. The minimum absolute atomic E-state index is 0.0270. The van der Waals surface area contributed by atoms with E-state index in [0.29, 0.717) is 11.2 Å². The van der Waals surface area contributed by atoms with Gasteiger partial charge < -0.3 is 19.4 Å². The maximum absolute atomic E-state index is 12.7. The lowest BCUT2D eigenvalue weighted by Gasteiger charge is -2.24. The molecule has 0 bridgehead atoms. The van der Waals surface area contributed by atoms with E-state index in [1.54, 1.807) is 25.3 Å². The highest BCUT2D eigenvalue weighted by atomic mass is 35.5. The fourth-order valence-corrected chi connectivity index (χ4v) is 2.82. The van der Waals surface area contributed by atoms with Crippen LogP contribution in [-0.2, 0) is 27.4 Å². The van der Waals surface area contributed by atoms with Crippen LogP contribution in [-0.4, -0.2) is 43.2 Å². The maximum Gasteiger partial charge on any atom is 0.408 e. The number of fused-ring (bicyclic) bond motifs is 1. The minimum atomic E-state index is -1.03. The molecule has 1 aromatic carbocycles.